The summed E-state index contributed by atoms with van der Waals surface area (Å²) in [5, 5.41) is 45.0. The molecule has 1 aliphatic heterocycles. The van der Waals surface area contributed by atoms with E-state index in [-0.39, 0.29) is 18.9 Å². The zero-order valence-corrected chi connectivity index (χ0v) is 47.8. The molecule has 12 nitrogen and oxygen atoms in total. The van der Waals surface area contributed by atoms with Crippen molar-refractivity contribution >= 4 is 16.3 Å². The van der Waals surface area contributed by atoms with Crippen molar-refractivity contribution in [2.24, 2.45) is 0 Å². The van der Waals surface area contributed by atoms with Gasteiger partial charge in [-0.2, -0.15) is 8.42 Å². The van der Waals surface area contributed by atoms with Gasteiger partial charge in [-0.15, -0.1) is 0 Å². The molecule has 1 heterocycles. The van der Waals surface area contributed by atoms with Gasteiger partial charge in [0, 0.05) is 6.42 Å². The first-order chi connectivity index (χ1) is 35.5. The highest BCUT2D eigenvalue weighted by Gasteiger charge is 2.48. The molecule has 0 radical (unpaired) electrons. The van der Waals surface area contributed by atoms with E-state index in [1.54, 1.807) is 6.08 Å². The summed E-state index contributed by atoms with van der Waals surface area (Å²) in [6.07, 6.45) is 53.7. The predicted molar refractivity (Wildman–Crippen MR) is 301 cm³/mol. The molecule has 1 saturated heterocycles. The Kier molecular flexibility index (Phi) is 47.8. The van der Waals surface area contributed by atoms with Crippen LogP contribution < -0.4 is 5.32 Å². The van der Waals surface area contributed by atoms with Gasteiger partial charge in [-0.1, -0.05) is 269 Å². The number of carbonyl (C=O) groups is 1. The van der Waals surface area contributed by atoms with Crippen molar-refractivity contribution in [1.82, 2.24) is 5.32 Å². The molecule has 1 amide bonds. The van der Waals surface area contributed by atoms with E-state index < -0.39 is 59.9 Å². The lowest BCUT2D eigenvalue weighted by atomic mass is 9.99. The lowest BCUT2D eigenvalue weighted by Gasteiger charge is -2.41. The Morgan fingerprint density at radius 3 is 1.23 bits per heavy atom. The first-order valence-corrected chi connectivity index (χ1v) is 32.1. The first-order valence-electron chi connectivity index (χ1n) is 30.7. The number of rotatable bonds is 54. The van der Waals surface area contributed by atoms with E-state index >= 15 is 0 Å². The minimum absolute atomic E-state index is 0.262. The second kappa shape index (κ2) is 50.1. The van der Waals surface area contributed by atoms with Crippen LogP contribution in [0.5, 0.6) is 0 Å². The topological polar surface area (TPSA) is 192 Å². The average molecular weight is 1060 g/mol. The van der Waals surface area contributed by atoms with Gasteiger partial charge in [-0.3, -0.25) is 9.35 Å². The number of unbranched alkanes of at least 4 members (excludes halogenated alkanes) is 40. The molecule has 0 aromatic heterocycles. The highest BCUT2D eigenvalue weighted by molar-refractivity contribution is 7.80. The number of allylic oxidation sites excluding steroid dienone is 3. The Labute approximate surface area is 448 Å². The molecule has 432 valence electrons. The molecule has 0 bridgehead atoms. The van der Waals surface area contributed by atoms with E-state index in [1.165, 1.54) is 225 Å². The largest absolute Gasteiger partial charge is 0.397 e. The van der Waals surface area contributed by atoms with Crippen molar-refractivity contribution < 1.29 is 51.8 Å². The number of amides is 1. The number of hydrogen-bond donors (Lipinski definition) is 6. The van der Waals surface area contributed by atoms with Crippen LogP contribution in [0.25, 0.3) is 0 Å². The molecule has 0 aromatic rings. The Morgan fingerprint density at radius 1 is 0.534 bits per heavy atom. The van der Waals surface area contributed by atoms with Crippen molar-refractivity contribution in [2.45, 2.75) is 339 Å². The number of hydrogen-bond acceptors (Lipinski definition) is 10. The molecule has 7 atom stereocenters. The third-order valence-electron chi connectivity index (χ3n) is 14.7. The summed E-state index contributed by atoms with van der Waals surface area (Å²) in [6, 6.07) is -0.946. The van der Waals surface area contributed by atoms with E-state index in [0.717, 1.165) is 44.9 Å². The van der Waals surface area contributed by atoms with Crippen LogP contribution in [0.1, 0.15) is 296 Å². The van der Waals surface area contributed by atoms with Gasteiger partial charge in [0.25, 0.3) is 0 Å². The van der Waals surface area contributed by atoms with E-state index in [1.807, 2.05) is 6.08 Å². The molecule has 7 unspecified atom stereocenters. The number of carbonyl (C=O) groups excluding carboxylic acids is 1. The second-order valence-electron chi connectivity index (χ2n) is 21.6. The van der Waals surface area contributed by atoms with Crippen LogP contribution in [0.3, 0.4) is 0 Å². The minimum atomic E-state index is -5.09. The summed E-state index contributed by atoms with van der Waals surface area (Å²) in [7, 11) is -5.09. The van der Waals surface area contributed by atoms with E-state index in [9.17, 15) is 38.2 Å². The fourth-order valence-electron chi connectivity index (χ4n) is 9.98. The van der Waals surface area contributed by atoms with Crippen LogP contribution in [0, 0.1) is 0 Å². The van der Waals surface area contributed by atoms with Gasteiger partial charge >= 0.3 is 10.4 Å². The molecule has 1 aliphatic rings. The Bertz CT molecular complexity index is 1380. The van der Waals surface area contributed by atoms with Crippen LogP contribution in [0.15, 0.2) is 24.3 Å². The highest BCUT2D eigenvalue weighted by Crippen LogP contribution is 2.26. The first kappa shape index (κ1) is 69.6. The lowest BCUT2D eigenvalue weighted by Crippen LogP contribution is -2.61. The Morgan fingerprint density at radius 2 is 0.877 bits per heavy atom. The van der Waals surface area contributed by atoms with Crippen LogP contribution in [-0.2, 0) is 28.9 Å². The summed E-state index contributed by atoms with van der Waals surface area (Å²) >= 11 is 0. The van der Waals surface area contributed by atoms with Crippen molar-refractivity contribution in [2.75, 3.05) is 13.2 Å². The molecule has 1 rings (SSSR count). The summed E-state index contributed by atoms with van der Waals surface area (Å²) < 4.78 is 47.9. The Hall–Kier alpha value is -1.42. The molecule has 73 heavy (non-hydrogen) atoms. The van der Waals surface area contributed by atoms with Crippen molar-refractivity contribution in [3.63, 3.8) is 0 Å². The van der Waals surface area contributed by atoms with Crippen molar-refractivity contribution in [3.8, 4) is 0 Å². The van der Waals surface area contributed by atoms with Crippen molar-refractivity contribution in [1.29, 1.82) is 0 Å². The number of aliphatic hydroxyl groups is 4. The summed E-state index contributed by atoms with van der Waals surface area (Å²) in [4.78, 5) is 13.1. The van der Waals surface area contributed by atoms with Crippen LogP contribution in [0.2, 0.25) is 0 Å². The minimum Gasteiger partial charge on any atom is -0.394 e. The van der Waals surface area contributed by atoms with Gasteiger partial charge in [0.15, 0.2) is 6.29 Å². The zero-order valence-electron chi connectivity index (χ0n) is 47.0. The standard InChI is InChI=1S/C60H115NO11S/c1-3-5-7-9-11-13-15-17-19-21-23-25-26-27-28-30-31-33-35-37-39-41-43-45-47-49-54(63)53(52-70-60-58(66)59(72-73(67,68)69)57(65)55(51-62)71-60)61-56(64)50-48-46-44-42-40-38-36-34-32-29-24-22-20-18-16-14-12-10-8-6-4-2/h29,32,47,49,53-55,57-60,62-63,65-66H,3-28,30-31,33-46,48,50-52H2,1-2H3,(H,61,64)(H,67,68,69)/b32-29-,49-47+. The number of nitrogens with one attached hydrogen (secondary N) is 1. The highest BCUT2D eigenvalue weighted by atomic mass is 32.3. The lowest BCUT2D eigenvalue weighted by molar-refractivity contribution is -0.298. The van der Waals surface area contributed by atoms with Gasteiger partial charge in [-0.05, 0) is 44.9 Å². The molecular formula is C60H115NO11S. The molecule has 13 heteroatoms. The third-order valence-corrected chi connectivity index (χ3v) is 15.2. The maximum atomic E-state index is 13.1. The SMILES string of the molecule is CCCCCCCCCCCC/C=C\CCCCCCCCCC(=O)NC(COC1OC(CO)C(O)C(OS(=O)(=O)O)C1O)C(O)/C=C/CCCCCCCCCCCCCCCCCCCCCCCCC. The molecule has 0 spiro atoms. The molecular weight excluding hydrogens is 943 g/mol. The molecule has 1 fully saturated rings. The molecule has 0 aliphatic carbocycles. The summed E-state index contributed by atoms with van der Waals surface area (Å²) in [6.45, 7) is 3.44. The molecule has 6 N–H and O–H groups in total. The van der Waals surface area contributed by atoms with Gasteiger partial charge in [0.2, 0.25) is 5.91 Å². The molecule has 0 aromatic carbocycles. The quantitative estimate of drug-likeness (QED) is 0.0193. The number of ether oxygens (including phenoxy) is 2. The summed E-state index contributed by atoms with van der Waals surface area (Å²) in [5.74, 6) is -0.262. The Balaban J connectivity index is 2.35. The fraction of sp³-hybridized carbons (Fsp3) is 0.917. The van der Waals surface area contributed by atoms with Crippen LogP contribution >= 0.6 is 0 Å². The number of aliphatic hydroxyl groups excluding tert-OH is 4. The normalized spacial score (nSPS) is 19.4. The smallest absolute Gasteiger partial charge is 0.394 e. The van der Waals surface area contributed by atoms with Gasteiger partial charge in [0.1, 0.15) is 24.4 Å². The van der Waals surface area contributed by atoms with Crippen LogP contribution in [0.4, 0.5) is 0 Å². The van der Waals surface area contributed by atoms with Gasteiger partial charge in [-0.25, -0.2) is 4.18 Å². The fourth-order valence-corrected chi connectivity index (χ4v) is 10.5. The maximum absolute atomic E-state index is 13.1. The molecule has 0 saturated carbocycles. The van der Waals surface area contributed by atoms with E-state index in [4.69, 9.17) is 9.47 Å². The van der Waals surface area contributed by atoms with Gasteiger partial charge < -0.3 is 35.2 Å². The second-order valence-corrected chi connectivity index (χ2v) is 22.7. The van der Waals surface area contributed by atoms with Crippen molar-refractivity contribution in [3.05, 3.63) is 24.3 Å². The summed E-state index contributed by atoms with van der Waals surface area (Å²) in [5.41, 5.74) is 0. The average Bonchev–Trinajstić information content (AvgIpc) is 3.37. The predicted octanol–water partition coefficient (Wildman–Crippen LogP) is 14.8. The van der Waals surface area contributed by atoms with E-state index in [0.29, 0.717) is 6.42 Å². The third kappa shape index (κ3) is 42.3. The maximum Gasteiger partial charge on any atom is 0.397 e. The van der Waals surface area contributed by atoms with Gasteiger partial charge in [0.05, 0.1) is 25.4 Å². The van der Waals surface area contributed by atoms with Crippen LogP contribution in [-0.4, -0.2) is 95.4 Å². The zero-order chi connectivity index (χ0) is 53.3. The van der Waals surface area contributed by atoms with E-state index in [2.05, 4.69) is 35.5 Å². The monoisotopic (exact) mass is 1060 g/mol.